The summed E-state index contributed by atoms with van der Waals surface area (Å²) in [6.45, 7) is 9.24. The predicted octanol–water partition coefficient (Wildman–Crippen LogP) is 2.30. The van der Waals surface area contributed by atoms with E-state index in [1.165, 1.54) is 0 Å². The molecule has 0 aromatic carbocycles. The van der Waals surface area contributed by atoms with Gasteiger partial charge in [-0.25, -0.2) is 0 Å². The molecule has 0 saturated heterocycles. The van der Waals surface area contributed by atoms with Crippen molar-refractivity contribution >= 4 is 0 Å². The van der Waals surface area contributed by atoms with Crippen molar-refractivity contribution in [3.63, 3.8) is 0 Å². The summed E-state index contributed by atoms with van der Waals surface area (Å²) in [7, 11) is 0. The second kappa shape index (κ2) is 5.80. The molecule has 4 nitrogen and oxygen atoms in total. The van der Waals surface area contributed by atoms with Gasteiger partial charge >= 0.3 is 0 Å². The standard InChI is InChI=1S/C16H26N2O2/c1-5-20-14-10-16(11-19,15(14,3)4)18-12(2)13-8-6-7-9-17-13/h6-9,12,14,18-19H,5,10-11H2,1-4H3/t12-,14+,16-/m0/s1. The molecule has 1 aliphatic rings. The van der Waals surface area contributed by atoms with Crippen LogP contribution in [0.3, 0.4) is 0 Å². The highest BCUT2D eigenvalue weighted by Crippen LogP contribution is 2.51. The lowest BCUT2D eigenvalue weighted by Crippen LogP contribution is -2.73. The number of rotatable bonds is 6. The summed E-state index contributed by atoms with van der Waals surface area (Å²) in [5.74, 6) is 0. The van der Waals surface area contributed by atoms with Crippen molar-refractivity contribution in [2.75, 3.05) is 13.2 Å². The zero-order valence-electron chi connectivity index (χ0n) is 12.9. The lowest BCUT2D eigenvalue weighted by Gasteiger charge is -2.61. The second-order valence-corrected chi connectivity index (χ2v) is 6.23. The molecule has 4 heteroatoms. The number of nitrogens with one attached hydrogen (secondary N) is 1. The van der Waals surface area contributed by atoms with E-state index in [-0.39, 0.29) is 29.7 Å². The molecule has 2 rings (SSSR count). The minimum Gasteiger partial charge on any atom is -0.394 e. The third kappa shape index (κ3) is 2.48. The fraction of sp³-hybridized carbons (Fsp3) is 0.688. The number of aliphatic hydroxyl groups excluding tert-OH is 1. The van der Waals surface area contributed by atoms with Crippen LogP contribution in [0.15, 0.2) is 24.4 Å². The van der Waals surface area contributed by atoms with Gasteiger partial charge in [-0.3, -0.25) is 4.98 Å². The van der Waals surface area contributed by atoms with E-state index in [1.54, 1.807) is 6.20 Å². The number of pyridine rings is 1. The van der Waals surface area contributed by atoms with Crippen LogP contribution in [0.4, 0.5) is 0 Å². The van der Waals surface area contributed by atoms with Gasteiger partial charge in [-0.15, -0.1) is 0 Å². The molecule has 3 atom stereocenters. The molecule has 0 aliphatic heterocycles. The molecule has 1 aromatic heterocycles. The van der Waals surface area contributed by atoms with Crippen LogP contribution in [0.25, 0.3) is 0 Å². The van der Waals surface area contributed by atoms with Crippen molar-refractivity contribution in [2.45, 2.75) is 51.8 Å². The van der Waals surface area contributed by atoms with Gasteiger partial charge in [-0.2, -0.15) is 0 Å². The van der Waals surface area contributed by atoms with Crippen LogP contribution in [0, 0.1) is 5.41 Å². The summed E-state index contributed by atoms with van der Waals surface area (Å²) < 4.78 is 5.77. The van der Waals surface area contributed by atoms with Gasteiger partial charge < -0.3 is 15.2 Å². The Labute approximate surface area is 121 Å². The average molecular weight is 278 g/mol. The molecule has 20 heavy (non-hydrogen) atoms. The van der Waals surface area contributed by atoms with E-state index in [0.717, 1.165) is 12.1 Å². The molecule has 0 amide bonds. The Morgan fingerprint density at radius 1 is 1.50 bits per heavy atom. The zero-order valence-corrected chi connectivity index (χ0v) is 12.9. The quantitative estimate of drug-likeness (QED) is 0.838. The smallest absolute Gasteiger partial charge is 0.0663 e. The van der Waals surface area contributed by atoms with E-state index in [0.29, 0.717) is 6.61 Å². The van der Waals surface area contributed by atoms with Crippen molar-refractivity contribution in [3.05, 3.63) is 30.1 Å². The van der Waals surface area contributed by atoms with Crippen LogP contribution in [-0.4, -0.2) is 34.9 Å². The Kier molecular flexibility index (Phi) is 4.47. The van der Waals surface area contributed by atoms with Crippen molar-refractivity contribution in [2.24, 2.45) is 5.41 Å². The second-order valence-electron chi connectivity index (χ2n) is 6.23. The number of hydrogen-bond donors (Lipinski definition) is 2. The highest BCUT2D eigenvalue weighted by atomic mass is 16.5. The molecule has 112 valence electrons. The maximum Gasteiger partial charge on any atom is 0.0663 e. The van der Waals surface area contributed by atoms with Crippen LogP contribution >= 0.6 is 0 Å². The van der Waals surface area contributed by atoms with Gasteiger partial charge in [0, 0.05) is 24.3 Å². The fourth-order valence-electron chi connectivity index (χ4n) is 3.16. The molecule has 1 saturated carbocycles. The molecule has 0 bridgehead atoms. The normalized spacial score (nSPS) is 29.8. The fourth-order valence-corrected chi connectivity index (χ4v) is 3.16. The maximum atomic E-state index is 9.92. The van der Waals surface area contributed by atoms with Crippen molar-refractivity contribution in [1.29, 1.82) is 0 Å². The minimum absolute atomic E-state index is 0.0964. The van der Waals surface area contributed by atoms with Gasteiger partial charge in [0.15, 0.2) is 0 Å². The summed E-state index contributed by atoms with van der Waals surface area (Å²) in [4.78, 5) is 4.38. The predicted molar refractivity (Wildman–Crippen MR) is 79.4 cm³/mol. The molecule has 2 N–H and O–H groups in total. The highest BCUT2D eigenvalue weighted by molar-refractivity contribution is 5.18. The first-order valence-electron chi connectivity index (χ1n) is 7.38. The largest absolute Gasteiger partial charge is 0.394 e. The molecule has 1 aliphatic carbocycles. The van der Waals surface area contributed by atoms with Gasteiger partial charge in [0.2, 0.25) is 0 Å². The number of hydrogen-bond acceptors (Lipinski definition) is 4. The number of ether oxygens (including phenoxy) is 1. The van der Waals surface area contributed by atoms with Gasteiger partial charge in [0.25, 0.3) is 0 Å². The van der Waals surface area contributed by atoms with Gasteiger partial charge in [-0.05, 0) is 32.4 Å². The molecule has 1 aromatic rings. The van der Waals surface area contributed by atoms with Gasteiger partial charge in [0.05, 0.1) is 23.9 Å². The zero-order chi connectivity index (χ0) is 14.8. The molecular weight excluding hydrogens is 252 g/mol. The Hall–Kier alpha value is -0.970. The highest BCUT2D eigenvalue weighted by Gasteiger charge is 2.60. The molecule has 0 unspecified atom stereocenters. The summed E-state index contributed by atoms with van der Waals surface area (Å²) in [5.41, 5.74) is 0.598. The van der Waals surface area contributed by atoms with Crippen molar-refractivity contribution < 1.29 is 9.84 Å². The third-order valence-electron chi connectivity index (χ3n) is 4.83. The van der Waals surface area contributed by atoms with Crippen molar-refractivity contribution in [3.8, 4) is 0 Å². The Morgan fingerprint density at radius 2 is 2.25 bits per heavy atom. The lowest BCUT2D eigenvalue weighted by molar-refractivity contribution is -0.180. The third-order valence-corrected chi connectivity index (χ3v) is 4.83. The maximum absolute atomic E-state index is 9.92. The van der Waals surface area contributed by atoms with E-state index >= 15 is 0 Å². The summed E-state index contributed by atoms with van der Waals surface area (Å²) in [5, 5.41) is 13.5. The van der Waals surface area contributed by atoms with Gasteiger partial charge in [0.1, 0.15) is 0 Å². The summed E-state index contributed by atoms with van der Waals surface area (Å²) in [6.07, 6.45) is 2.83. The first-order valence-corrected chi connectivity index (χ1v) is 7.38. The van der Waals surface area contributed by atoms with E-state index in [4.69, 9.17) is 4.74 Å². The lowest BCUT2D eigenvalue weighted by atomic mass is 9.54. The van der Waals surface area contributed by atoms with E-state index in [2.05, 4.69) is 31.1 Å². The van der Waals surface area contributed by atoms with Crippen LogP contribution < -0.4 is 5.32 Å². The van der Waals surface area contributed by atoms with Gasteiger partial charge in [-0.1, -0.05) is 19.9 Å². The molecular formula is C16H26N2O2. The van der Waals surface area contributed by atoms with Crippen molar-refractivity contribution in [1.82, 2.24) is 10.3 Å². The first kappa shape index (κ1) is 15.4. The van der Waals surface area contributed by atoms with Crippen LogP contribution in [0.2, 0.25) is 0 Å². The Balaban J connectivity index is 2.10. The van der Waals surface area contributed by atoms with E-state index in [1.807, 2.05) is 25.1 Å². The van der Waals surface area contributed by atoms with Crippen LogP contribution in [0.1, 0.15) is 45.9 Å². The Bertz CT molecular complexity index is 435. The van der Waals surface area contributed by atoms with E-state index < -0.39 is 0 Å². The number of aliphatic hydroxyl groups is 1. The Morgan fingerprint density at radius 3 is 2.75 bits per heavy atom. The average Bonchev–Trinajstić information content (AvgIpc) is 2.46. The summed E-state index contributed by atoms with van der Waals surface area (Å²) >= 11 is 0. The number of aromatic nitrogens is 1. The van der Waals surface area contributed by atoms with Crippen LogP contribution in [-0.2, 0) is 4.74 Å². The first-order chi connectivity index (χ1) is 9.47. The van der Waals surface area contributed by atoms with E-state index in [9.17, 15) is 5.11 Å². The minimum atomic E-state index is -0.302. The molecule has 0 spiro atoms. The summed E-state index contributed by atoms with van der Waals surface area (Å²) in [6, 6.07) is 6.01. The SMILES string of the molecule is CCO[C@@H]1C[C@@](CO)(N[C@@H](C)c2ccccn2)C1(C)C. The molecule has 1 heterocycles. The molecule has 1 fully saturated rings. The molecule has 0 radical (unpaired) electrons. The monoisotopic (exact) mass is 278 g/mol. The topological polar surface area (TPSA) is 54.4 Å². The number of nitrogens with zero attached hydrogens (tertiary/aromatic N) is 1. The van der Waals surface area contributed by atoms with Crippen LogP contribution in [0.5, 0.6) is 0 Å².